The van der Waals surface area contributed by atoms with E-state index < -0.39 is 9.05 Å². The molecule has 0 saturated carbocycles. The van der Waals surface area contributed by atoms with Crippen molar-refractivity contribution < 1.29 is 17.9 Å². The van der Waals surface area contributed by atoms with E-state index in [9.17, 15) is 13.2 Å². The molecule has 0 aromatic heterocycles. The van der Waals surface area contributed by atoms with Crippen LogP contribution in [-0.4, -0.2) is 45.7 Å². The predicted octanol–water partition coefficient (Wildman–Crippen LogP) is 1.79. The predicted molar refractivity (Wildman–Crippen MR) is 75.6 cm³/mol. The average Bonchev–Trinajstić information content (AvgIpc) is 2.41. The molecule has 0 aliphatic carbocycles. The van der Waals surface area contributed by atoms with Gasteiger partial charge in [-0.2, -0.15) is 0 Å². The van der Waals surface area contributed by atoms with E-state index in [-0.39, 0.29) is 10.9 Å². The molecule has 1 aliphatic rings. The van der Waals surface area contributed by atoms with Gasteiger partial charge in [-0.3, -0.25) is 0 Å². The number of halogens is 1. The van der Waals surface area contributed by atoms with Gasteiger partial charge in [-0.15, -0.1) is 0 Å². The highest BCUT2D eigenvalue weighted by Gasteiger charge is 2.18. The fourth-order valence-corrected chi connectivity index (χ4v) is 2.72. The third-order valence-electron chi connectivity index (χ3n) is 3.02. The molecule has 6 nitrogen and oxygen atoms in total. The summed E-state index contributed by atoms with van der Waals surface area (Å²) in [6.45, 7) is 3.84. The Morgan fingerprint density at radius 2 is 2.00 bits per heavy atom. The first-order chi connectivity index (χ1) is 9.38. The number of hydrogen-bond acceptors (Lipinski definition) is 4. The van der Waals surface area contributed by atoms with Crippen molar-refractivity contribution in [2.24, 2.45) is 0 Å². The summed E-state index contributed by atoms with van der Waals surface area (Å²) in [6.07, 6.45) is 0. The van der Waals surface area contributed by atoms with Gasteiger partial charge < -0.3 is 15.0 Å². The number of morpholine rings is 1. The van der Waals surface area contributed by atoms with Crippen molar-refractivity contribution in [2.75, 3.05) is 31.6 Å². The number of amides is 2. The van der Waals surface area contributed by atoms with Gasteiger partial charge in [0, 0.05) is 29.5 Å². The van der Waals surface area contributed by atoms with Crippen LogP contribution in [0.25, 0.3) is 0 Å². The zero-order chi connectivity index (χ0) is 14.8. The molecule has 20 heavy (non-hydrogen) atoms. The first kappa shape index (κ1) is 15.1. The minimum atomic E-state index is -3.76. The minimum absolute atomic E-state index is 0.0149. The molecule has 1 N–H and O–H groups in total. The Hall–Kier alpha value is -1.31. The molecule has 2 amide bonds. The summed E-state index contributed by atoms with van der Waals surface area (Å²) in [4.78, 5) is 13.7. The van der Waals surface area contributed by atoms with Crippen molar-refractivity contribution in [3.63, 3.8) is 0 Å². The van der Waals surface area contributed by atoms with Crippen molar-refractivity contribution >= 4 is 31.5 Å². The van der Waals surface area contributed by atoms with E-state index in [0.717, 1.165) is 0 Å². The Morgan fingerprint density at radius 1 is 1.35 bits per heavy atom. The Kier molecular flexibility index (Phi) is 4.52. The Bertz CT molecular complexity index is 612. The van der Waals surface area contributed by atoms with Crippen molar-refractivity contribution in [1.29, 1.82) is 0 Å². The summed E-state index contributed by atoms with van der Waals surface area (Å²) in [5.74, 6) is 0. The Morgan fingerprint density at radius 3 is 2.55 bits per heavy atom. The molecule has 0 bridgehead atoms. The van der Waals surface area contributed by atoms with Crippen molar-refractivity contribution in [1.82, 2.24) is 4.90 Å². The fourth-order valence-electron chi connectivity index (χ4n) is 1.89. The van der Waals surface area contributed by atoms with Crippen LogP contribution < -0.4 is 5.32 Å². The van der Waals surface area contributed by atoms with E-state index in [1.165, 1.54) is 18.2 Å². The van der Waals surface area contributed by atoms with Gasteiger partial charge in [-0.25, -0.2) is 13.2 Å². The van der Waals surface area contributed by atoms with Crippen LogP contribution in [0.4, 0.5) is 10.5 Å². The van der Waals surface area contributed by atoms with Crippen LogP contribution in [0.2, 0.25) is 0 Å². The normalized spacial score (nSPS) is 16.0. The zero-order valence-electron chi connectivity index (χ0n) is 10.9. The highest BCUT2D eigenvalue weighted by Crippen LogP contribution is 2.22. The summed E-state index contributed by atoms with van der Waals surface area (Å²) >= 11 is 0. The lowest BCUT2D eigenvalue weighted by atomic mass is 10.2. The van der Waals surface area contributed by atoms with Crippen LogP contribution in [0.15, 0.2) is 23.1 Å². The second-order valence-corrected chi connectivity index (χ2v) is 7.01. The molecule has 1 heterocycles. The van der Waals surface area contributed by atoms with Gasteiger partial charge in [0.2, 0.25) is 0 Å². The molecule has 8 heteroatoms. The van der Waals surface area contributed by atoms with Gasteiger partial charge in [0.05, 0.1) is 18.1 Å². The number of urea groups is 1. The van der Waals surface area contributed by atoms with Crippen molar-refractivity contribution in [2.45, 2.75) is 11.8 Å². The molecule has 1 aromatic rings. The molecule has 110 valence electrons. The van der Waals surface area contributed by atoms with Crippen LogP contribution in [0.3, 0.4) is 0 Å². The molecule has 0 unspecified atom stereocenters. The molecule has 1 fully saturated rings. The van der Waals surface area contributed by atoms with Crippen LogP contribution in [-0.2, 0) is 13.8 Å². The van der Waals surface area contributed by atoms with Gasteiger partial charge in [-0.05, 0) is 30.7 Å². The molecule has 1 saturated heterocycles. The number of aryl methyl sites for hydroxylation is 1. The maximum Gasteiger partial charge on any atom is 0.322 e. The first-order valence-electron chi connectivity index (χ1n) is 6.07. The van der Waals surface area contributed by atoms with Crippen molar-refractivity contribution in [3.8, 4) is 0 Å². The molecule has 2 rings (SSSR count). The van der Waals surface area contributed by atoms with E-state index in [2.05, 4.69) is 5.32 Å². The van der Waals surface area contributed by atoms with E-state index in [1.54, 1.807) is 11.8 Å². The fraction of sp³-hybridized carbons (Fsp3) is 0.417. The number of nitrogens with zero attached hydrogens (tertiary/aromatic N) is 1. The molecular weight excluding hydrogens is 304 g/mol. The topological polar surface area (TPSA) is 75.7 Å². The summed E-state index contributed by atoms with van der Waals surface area (Å²) in [6, 6.07) is 4.10. The highest BCUT2D eigenvalue weighted by atomic mass is 35.7. The van der Waals surface area contributed by atoms with Gasteiger partial charge in [0.25, 0.3) is 9.05 Å². The van der Waals surface area contributed by atoms with Gasteiger partial charge in [-0.1, -0.05) is 0 Å². The van der Waals surface area contributed by atoms with E-state index in [1.807, 2.05) is 0 Å². The average molecular weight is 319 g/mol. The monoisotopic (exact) mass is 318 g/mol. The smallest absolute Gasteiger partial charge is 0.322 e. The second-order valence-electron chi connectivity index (χ2n) is 4.44. The number of anilines is 1. The second kappa shape index (κ2) is 5.99. The molecular formula is C12H15ClN2O4S. The number of nitrogens with one attached hydrogen (secondary N) is 1. The summed E-state index contributed by atoms with van der Waals surface area (Å²) in [5, 5.41) is 2.75. The standard InChI is InChI=1S/C12H15ClN2O4S/c1-9-8-10(20(13,17)18)2-3-11(9)14-12(16)15-4-6-19-7-5-15/h2-3,8H,4-7H2,1H3,(H,14,16). The number of benzene rings is 1. The lowest BCUT2D eigenvalue weighted by Crippen LogP contribution is -2.43. The van der Waals surface area contributed by atoms with E-state index in [0.29, 0.717) is 37.6 Å². The minimum Gasteiger partial charge on any atom is -0.378 e. The number of carbonyl (C=O) groups excluding carboxylic acids is 1. The largest absolute Gasteiger partial charge is 0.378 e. The molecule has 0 spiro atoms. The van der Waals surface area contributed by atoms with E-state index >= 15 is 0 Å². The third kappa shape index (κ3) is 3.62. The highest BCUT2D eigenvalue weighted by molar-refractivity contribution is 8.13. The summed E-state index contributed by atoms with van der Waals surface area (Å²) < 4.78 is 27.6. The maximum absolute atomic E-state index is 12.0. The van der Waals surface area contributed by atoms with Gasteiger partial charge in [0.1, 0.15) is 0 Å². The Balaban J connectivity index is 2.11. The molecule has 1 aliphatic heterocycles. The Labute approximate surface area is 122 Å². The maximum atomic E-state index is 12.0. The molecule has 1 aromatic carbocycles. The van der Waals surface area contributed by atoms with E-state index in [4.69, 9.17) is 15.4 Å². The quantitative estimate of drug-likeness (QED) is 0.843. The lowest BCUT2D eigenvalue weighted by Gasteiger charge is -2.27. The number of carbonyl (C=O) groups is 1. The lowest BCUT2D eigenvalue weighted by molar-refractivity contribution is 0.0564. The van der Waals surface area contributed by atoms with Crippen molar-refractivity contribution in [3.05, 3.63) is 23.8 Å². The molecule has 0 atom stereocenters. The summed E-state index contributed by atoms with van der Waals surface area (Å²) in [5.41, 5.74) is 1.19. The molecule has 0 radical (unpaired) electrons. The van der Waals surface area contributed by atoms with Crippen LogP contribution >= 0.6 is 10.7 Å². The SMILES string of the molecule is Cc1cc(S(=O)(=O)Cl)ccc1NC(=O)N1CCOCC1. The number of hydrogen-bond donors (Lipinski definition) is 1. The van der Waals surface area contributed by atoms with Gasteiger partial charge >= 0.3 is 6.03 Å². The first-order valence-corrected chi connectivity index (χ1v) is 8.38. The number of ether oxygens (including phenoxy) is 1. The van der Waals surface area contributed by atoms with Gasteiger partial charge in [0.15, 0.2) is 0 Å². The van der Waals surface area contributed by atoms with Crippen LogP contribution in [0.5, 0.6) is 0 Å². The number of rotatable bonds is 2. The third-order valence-corrected chi connectivity index (χ3v) is 4.37. The van der Waals surface area contributed by atoms with Crippen LogP contribution in [0, 0.1) is 6.92 Å². The van der Waals surface area contributed by atoms with Crippen LogP contribution in [0.1, 0.15) is 5.56 Å². The summed E-state index contributed by atoms with van der Waals surface area (Å²) in [7, 11) is 1.51. The zero-order valence-corrected chi connectivity index (χ0v) is 12.5.